The highest BCUT2D eigenvalue weighted by molar-refractivity contribution is 7.99. The molecule has 2 aromatic carbocycles. The smallest absolute Gasteiger partial charge is 0.261 e. The van der Waals surface area contributed by atoms with Gasteiger partial charge in [-0.25, -0.2) is 12.8 Å². The molecular weight excluding hydrogens is 297 g/mol. The summed E-state index contributed by atoms with van der Waals surface area (Å²) >= 11 is 1.45. The SMILES string of the molecule is CSc1ccccc1NS(=O)(=O)c1ccc(F)c(C)c1. The number of anilines is 1. The molecule has 0 aliphatic rings. The zero-order chi connectivity index (χ0) is 14.8. The number of aryl methyl sites for hydroxylation is 1. The van der Waals surface area contributed by atoms with Crippen LogP contribution in [0.15, 0.2) is 52.3 Å². The molecule has 106 valence electrons. The first-order chi connectivity index (χ1) is 9.44. The van der Waals surface area contributed by atoms with Gasteiger partial charge in [-0.3, -0.25) is 4.72 Å². The maximum Gasteiger partial charge on any atom is 0.261 e. The number of hydrogen-bond donors (Lipinski definition) is 1. The lowest BCUT2D eigenvalue weighted by atomic mass is 10.2. The molecule has 0 aliphatic carbocycles. The van der Waals surface area contributed by atoms with Crippen molar-refractivity contribution in [3.8, 4) is 0 Å². The maximum absolute atomic E-state index is 13.2. The molecule has 6 heteroatoms. The van der Waals surface area contributed by atoms with E-state index in [1.807, 2.05) is 18.4 Å². The van der Waals surface area contributed by atoms with Crippen LogP contribution in [0.1, 0.15) is 5.56 Å². The van der Waals surface area contributed by atoms with Gasteiger partial charge in [-0.2, -0.15) is 0 Å². The molecule has 3 nitrogen and oxygen atoms in total. The van der Waals surface area contributed by atoms with Gasteiger partial charge in [0.15, 0.2) is 0 Å². The van der Waals surface area contributed by atoms with E-state index in [9.17, 15) is 12.8 Å². The molecular formula is C14H14FNO2S2. The van der Waals surface area contributed by atoms with Crippen molar-refractivity contribution in [2.75, 3.05) is 11.0 Å². The van der Waals surface area contributed by atoms with Crippen LogP contribution in [0.3, 0.4) is 0 Å². The second kappa shape index (κ2) is 5.85. The van der Waals surface area contributed by atoms with E-state index in [1.54, 1.807) is 12.1 Å². The van der Waals surface area contributed by atoms with Crippen molar-refractivity contribution < 1.29 is 12.8 Å². The topological polar surface area (TPSA) is 46.2 Å². The number of para-hydroxylation sites is 1. The molecule has 0 atom stereocenters. The van der Waals surface area contributed by atoms with Crippen LogP contribution < -0.4 is 4.72 Å². The summed E-state index contributed by atoms with van der Waals surface area (Å²) < 4.78 is 40.3. The fourth-order valence-corrected chi connectivity index (χ4v) is 3.50. The van der Waals surface area contributed by atoms with Gasteiger partial charge in [-0.05, 0) is 49.1 Å². The molecule has 2 rings (SSSR count). The molecule has 0 aliphatic heterocycles. The van der Waals surface area contributed by atoms with Crippen molar-refractivity contribution in [1.82, 2.24) is 0 Å². The normalized spacial score (nSPS) is 11.3. The Hall–Kier alpha value is -1.53. The number of nitrogens with one attached hydrogen (secondary N) is 1. The van der Waals surface area contributed by atoms with Gasteiger partial charge >= 0.3 is 0 Å². The average Bonchev–Trinajstić information content (AvgIpc) is 2.42. The van der Waals surface area contributed by atoms with Crippen LogP contribution >= 0.6 is 11.8 Å². The molecule has 0 radical (unpaired) electrons. The van der Waals surface area contributed by atoms with Gasteiger partial charge in [0.05, 0.1) is 10.6 Å². The zero-order valence-corrected chi connectivity index (χ0v) is 12.7. The number of rotatable bonds is 4. The van der Waals surface area contributed by atoms with Crippen molar-refractivity contribution in [3.05, 3.63) is 53.8 Å². The Morgan fingerprint density at radius 2 is 1.85 bits per heavy atom. The Morgan fingerprint density at radius 1 is 1.15 bits per heavy atom. The second-order valence-electron chi connectivity index (χ2n) is 4.22. The molecule has 2 aromatic rings. The van der Waals surface area contributed by atoms with Crippen molar-refractivity contribution in [2.24, 2.45) is 0 Å². The lowest BCUT2D eigenvalue weighted by molar-refractivity contribution is 0.598. The quantitative estimate of drug-likeness (QED) is 0.877. The lowest BCUT2D eigenvalue weighted by Gasteiger charge is -2.11. The predicted molar refractivity (Wildman–Crippen MR) is 80.2 cm³/mol. The third-order valence-corrected chi connectivity index (χ3v) is 4.95. The minimum absolute atomic E-state index is 0.0484. The number of sulfonamides is 1. The minimum atomic E-state index is -3.72. The fraction of sp³-hybridized carbons (Fsp3) is 0.143. The van der Waals surface area contributed by atoms with Crippen molar-refractivity contribution in [2.45, 2.75) is 16.7 Å². The summed E-state index contributed by atoms with van der Waals surface area (Å²) in [5, 5.41) is 0. The monoisotopic (exact) mass is 311 g/mol. The van der Waals surface area contributed by atoms with Crippen LogP contribution in [0.5, 0.6) is 0 Å². The Balaban J connectivity index is 2.38. The van der Waals surface area contributed by atoms with Crippen LogP contribution in [0.4, 0.5) is 10.1 Å². The highest BCUT2D eigenvalue weighted by Gasteiger charge is 2.16. The largest absolute Gasteiger partial charge is 0.278 e. The summed E-state index contributed by atoms with van der Waals surface area (Å²) in [4.78, 5) is 0.877. The first kappa shape index (κ1) is 14.9. The van der Waals surface area contributed by atoms with Crippen molar-refractivity contribution in [3.63, 3.8) is 0 Å². The molecule has 0 saturated heterocycles. The summed E-state index contributed by atoms with van der Waals surface area (Å²) in [6.45, 7) is 1.53. The van der Waals surface area contributed by atoms with E-state index in [0.717, 1.165) is 11.0 Å². The summed E-state index contributed by atoms with van der Waals surface area (Å²) in [6.07, 6.45) is 1.87. The van der Waals surface area contributed by atoms with Gasteiger partial charge in [0.2, 0.25) is 0 Å². The van der Waals surface area contributed by atoms with Crippen LogP contribution in [0.25, 0.3) is 0 Å². The minimum Gasteiger partial charge on any atom is -0.278 e. The number of thioether (sulfide) groups is 1. The van der Waals surface area contributed by atoms with Gasteiger partial charge in [0, 0.05) is 4.90 Å². The maximum atomic E-state index is 13.2. The third kappa shape index (κ3) is 3.13. The van der Waals surface area contributed by atoms with E-state index in [2.05, 4.69) is 4.72 Å². The summed E-state index contributed by atoms with van der Waals surface area (Å²) in [5.74, 6) is -0.423. The van der Waals surface area contributed by atoms with Gasteiger partial charge in [-0.15, -0.1) is 11.8 Å². The van der Waals surface area contributed by atoms with E-state index in [0.29, 0.717) is 11.3 Å². The average molecular weight is 311 g/mol. The van der Waals surface area contributed by atoms with Crippen LogP contribution in [0.2, 0.25) is 0 Å². The van der Waals surface area contributed by atoms with Gasteiger partial charge in [-0.1, -0.05) is 12.1 Å². The summed E-state index contributed by atoms with van der Waals surface area (Å²) in [7, 11) is -3.72. The predicted octanol–water partition coefficient (Wildman–Crippen LogP) is 3.66. The summed E-state index contributed by atoms with van der Waals surface area (Å²) in [6, 6.07) is 10.9. The molecule has 0 unspecified atom stereocenters. The van der Waals surface area contributed by atoms with Gasteiger partial charge in [0.25, 0.3) is 10.0 Å². The molecule has 0 fully saturated rings. The third-order valence-electron chi connectivity index (χ3n) is 2.79. The van der Waals surface area contributed by atoms with Crippen LogP contribution in [0, 0.1) is 12.7 Å². The molecule has 0 bridgehead atoms. The zero-order valence-electron chi connectivity index (χ0n) is 11.1. The van der Waals surface area contributed by atoms with E-state index >= 15 is 0 Å². The fourth-order valence-electron chi connectivity index (χ4n) is 1.72. The van der Waals surface area contributed by atoms with Crippen LogP contribution in [-0.2, 0) is 10.0 Å². The Kier molecular flexibility index (Phi) is 4.35. The molecule has 1 N–H and O–H groups in total. The Bertz CT molecular complexity index is 730. The Labute approximate surface area is 122 Å². The number of hydrogen-bond acceptors (Lipinski definition) is 3. The Morgan fingerprint density at radius 3 is 2.50 bits per heavy atom. The lowest BCUT2D eigenvalue weighted by Crippen LogP contribution is -2.13. The van der Waals surface area contributed by atoms with E-state index in [-0.39, 0.29) is 4.90 Å². The number of halogens is 1. The highest BCUT2D eigenvalue weighted by atomic mass is 32.2. The number of benzene rings is 2. The van der Waals surface area contributed by atoms with E-state index < -0.39 is 15.8 Å². The van der Waals surface area contributed by atoms with Crippen molar-refractivity contribution >= 4 is 27.5 Å². The summed E-state index contributed by atoms with van der Waals surface area (Å²) in [5.41, 5.74) is 0.813. The molecule has 0 saturated carbocycles. The van der Waals surface area contributed by atoms with Gasteiger partial charge < -0.3 is 0 Å². The van der Waals surface area contributed by atoms with E-state index in [4.69, 9.17) is 0 Å². The molecule has 0 spiro atoms. The highest BCUT2D eigenvalue weighted by Crippen LogP contribution is 2.27. The van der Waals surface area contributed by atoms with Crippen LogP contribution in [-0.4, -0.2) is 14.7 Å². The van der Waals surface area contributed by atoms with E-state index in [1.165, 1.54) is 30.8 Å². The molecule has 0 heterocycles. The molecule has 0 amide bonds. The standard InChI is InChI=1S/C14H14FNO2S2/c1-10-9-11(7-8-12(10)15)20(17,18)16-13-5-3-4-6-14(13)19-2/h3-9,16H,1-2H3. The second-order valence-corrected chi connectivity index (χ2v) is 6.75. The first-order valence-electron chi connectivity index (χ1n) is 5.86. The van der Waals surface area contributed by atoms with Gasteiger partial charge in [0.1, 0.15) is 5.82 Å². The molecule has 0 aromatic heterocycles. The van der Waals surface area contributed by atoms with Crippen molar-refractivity contribution in [1.29, 1.82) is 0 Å². The molecule has 20 heavy (non-hydrogen) atoms. The first-order valence-corrected chi connectivity index (χ1v) is 8.57.